The molecule has 1 unspecified atom stereocenters. The van der Waals surface area contributed by atoms with Crippen molar-refractivity contribution in [2.75, 3.05) is 25.6 Å². The fourth-order valence-electron chi connectivity index (χ4n) is 2.86. The predicted octanol–water partition coefficient (Wildman–Crippen LogP) is 0.931. The van der Waals surface area contributed by atoms with Crippen molar-refractivity contribution < 1.29 is 22.0 Å². The standard InChI is InChI=1S/C12H19F2N3O3S.ClH/c13-8-21(19,20)16-9-5-17(7-11(9)1-2-11)10(18)15-6-12(14)3-4-12;/h9,16H,1-8H2,(H,15,18);1H. The van der Waals surface area contributed by atoms with Gasteiger partial charge in [0, 0.05) is 24.5 Å². The van der Waals surface area contributed by atoms with Crippen molar-refractivity contribution in [1.82, 2.24) is 14.9 Å². The molecule has 3 aliphatic rings. The number of nitrogens with one attached hydrogen (secondary N) is 2. The van der Waals surface area contributed by atoms with Crippen LogP contribution in [-0.2, 0) is 10.0 Å². The number of urea groups is 1. The van der Waals surface area contributed by atoms with Gasteiger partial charge in [-0.15, -0.1) is 12.4 Å². The maximum absolute atomic E-state index is 13.5. The molecule has 2 saturated carbocycles. The van der Waals surface area contributed by atoms with Gasteiger partial charge < -0.3 is 10.2 Å². The van der Waals surface area contributed by atoms with Gasteiger partial charge in [-0.05, 0) is 25.7 Å². The quantitative estimate of drug-likeness (QED) is 0.766. The second-order valence-electron chi connectivity index (χ2n) is 6.45. The molecule has 1 saturated heterocycles. The first-order valence-electron chi connectivity index (χ1n) is 7.05. The first-order valence-corrected chi connectivity index (χ1v) is 8.71. The van der Waals surface area contributed by atoms with E-state index in [0.29, 0.717) is 19.4 Å². The molecule has 0 radical (unpaired) electrons. The van der Waals surface area contributed by atoms with Crippen LogP contribution >= 0.6 is 12.4 Å². The van der Waals surface area contributed by atoms with Gasteiger partial charge in [-0.3, -0.25) is 0 Å². The van der Waals surface area contributed by atoms with E-state index in [-0.39, 0.29) is 36.9 Å². The lowest BCUT2D eigenvalue weighted by Crippen LogP contribution is -2.44. The average Bonchev–Trinajstić information content (AvgIpc) is 3.31. The molecule has 3 fully saturated rings. The molecule has 0 aromatic carbocycles. The summed E-state index contributed by atoms with van der Waals surface area (Å²) in [6.45, 7) is 0.623. The number of hydrogen-bond donors (Lipinski definition) is 2. The molecule has 6 nitrogen and oxygen atoms in total. The molecule has 2 aliphatic carbocycles. The Morgan fingerprint density at radius 2 is 1.91 bits per heavy atom. The SMILES string of the molecule is Cl.O=C(NCC1(F)CC1)N1CC(NS(=O)(=O)CF)C2(CC2)C1. The number of sulfonamides is 1. The monoisotopic (exact) mass is 359 g/mol. The minimum Gasteiger partial charge on any atom is -0.335 e. The van der Waals surface area contributed by atoms with E-state index >= 15 is 0 Å². The Balaban J connectivity index is 0.00000176. The number of carbonyl (C=O) groups excluding carboxylic acids is 1. The summed E-state index contributed by atoms with van der Waals surface area (Å²) in [6.07, 6.45) is 2.55. The second kappa shape index (κ2) is 5.76. The van der Waals surface area contributed by atoms with E-state index in [0.717, 1.165) is 12.8 Å². The van der Waals surface area contributed by atoms with Crippen molar-refractivity contribution >= 4 is 28.5 Å². The Labute approximate surface area is 134 Å². The predicted molar refractivity (Wildman–Crippen MR) is 78.8 cm³/mol. The van der Waals surface area contributed by atoms with Crippen molar-refractivity contribution in [3.8, 4) is 0 Å². The lowest BCUT2D eigenvalue weighted by molar-refractivity contribution is 0.199. The molecule has 1 spiro atoms. The first-order chi connectivity index (χ1) is 9.78. The van der Waals surface area contributed by atoms with Gasteiger partial charge in [-0.2, -0.15) is 0 Å². The minimum absolute atomic E-state index is 0. The van der Waals surface area contributed by atoms with Crippen LogP contribution in [-0.4, -0.2) is 56.7 Å². The Kier molecular flexibility index (Phi) is 4.63. The number of alkyl halides is 2. The van der Waals surface area contributed by atoms with Crippen LogP contribution in [0.1, 0.15) is 25.7 Å². The number of carbonyl (C=O) groups is 1. The zero-order valence-corrected chi connectivity index (χ0v) is 13.6. The lowest BCUT2D eigenvalue weighted by Gasteiger charge is -2.18. The van der Waals surface area contributed by atoms with Crippen molar-refractivity contribution in [1.29, 1.82) is 0 Å². The van der Waals surface area contributed by atoms with Gasteiger partial charge in [0.15, 0.2) is 0 Å². The van der Waals surface area contributed by atoms with Gasteiger partial charge in [0.25, 0.3) is 0 Å². The number of rotatable bonds is 5. The molecule has 1 aliphatic heterocycles. The summed E-state index contributed by atoms with van der Waals surface area (Å²) in [6, 6.07) is -2.30. The van der Waals surface area contributed by atoms with Crippen LogP contribution in [0.25, 0.3) is 0 Å². The van der Waals surface area contributed by atoms with E-state index < -0.39 is 27.7 Å². The van der Waals surface area contributed by atoms with E-state index in [1.165, 1.54) is 4.90 Å². The molecule has 2 amide bonds. The average molecular weight is 360 g/mol. The molecule has 0 aromatic heterocycles. The van der Waals surface area contributed by atoms with Crippen molar-refractivity contribution in [2.24, 2.45) is 5.41 Å². The van der Waals surface area contributed by atoms with Crippen LogP contribution in [0.5, 0.6) is 0 Å². The summed E-state index contributed by atoms with van der Waals surface area (Å²) in [5.74, 6) is 0. The Bertz CT molecular complexity index is 552. The molecule has 1 heterocycles. The van der Waals surface area contributed by atoms with Gasteiger partial charge in [0.1, 0.15) is 5.67 Å². The maximum Gasteiger partial charge on any atom is 0.317 e. The van der Waals surface area contributed by atoms with Gasteiger partial charge in [-0.25, -0.2) is 26.7 Å². The van der Waals surface area contributed by atoms with Gasteiger partial charge in [0.05, 0.1) is 6.54 Å². The lowest BCUT2D eigenvalue weighted by atomic mass is 10.0. The molecule has 0 aromatic rings. The summed E-state index contributed by atoms with van der Waals surface area (Å²) in [5, 5.41) is 2.55. The number of amides is 2. The summed E-state index contributed by atoms with van der Waals surface area (Å²) in [4.78, 5) is 13.5. The van der Waals surface area contributed by atoms with Crippen molar-refractivity contribution in [3.63, 3.8) is 0 Å². The highest BCUT2D eigenvalue weighted by atomic mass is 35.5. The third-order valence-corrected chi connectivity index (χ3v) is 5.57. The molecule has 1 atom stereocenters. The molecular formula is C12H20ClF2N3O3S. The van der Waals surface area contributed by atoms with E-state index in [9.17, 15) is 22.0 Å². The fraction of sp³-hybridized carbons (Fsp3) is 0.917. The summed E-state index contributed by atoms with van der Waals surface area (Å²) in [5.41, 5.74) is -1.53. The smallest absolute Gasteiger partial charge is 0.317 e. The van der Waals surface area contributed by atoms with Gasteiger partial charge in [0.2, 0.25) is 16.0 Å². The van der Waals surface area contributed by atoms with Crippen molar-refractivity contribution in [3.05, 3.63) is 0 Å². The number of nitrogens with zero attached hydrogens (tertiary/aromatic N) is 1. The molecule has 128 valence electrons. The van der Waals surface area contributed by atoms with Crippen LogP contribution in [0.15, 0.2) is 0 Å². The molecular weight excluding hydrogens is 340 g/mol. The number of halogens is 3. The third-order valence-electron chi connectivity index (χ3n) is 4.64. The third kappa shape index (κ3) is 3.62. The highest BCUT2D eigenvalue weighted by Crippen LogP contribution is 2.53. The van der Waals surface area contributed by atoms with Crippen LogP contribution in [0, 0.1) is 5.41 Å². The molecule has 3 rings (SSSR count). The summed E-state index contributed by atoms with van der Waals surface area (Å²) in [7, 11) is -3.94. The largest absolute Gasteiger partial charge is 0.335 e. The molecule has 22 heavy (non-hydrogen) atoms. The first kappa shape index (κ1) is 17.7. The Morgan fingerprint density at radius 1 is 1.27 bits per heavy atom. The normalized spacial score (nSPS) is 27.4. The summed E-state index contributed by atoms with van der Waals surface area (Å²) < 4.78 is 51.0. The van der Waals surface area contributed by atoms with Crippen LogP contribution < -0.4 is 10.0 Å². The second-order valence-corrected chi connectivity index (χ2v) is 8.13. The highest BCUT2D eigenvalue weighted by Gasteiger charge is 2.57. The number of hydrogen-bond acceptors (Lipinski definition) is 3. The van der Waals surface area contributed by atoms with Crippen LogP contribution in [0.2, 0.25) is 0 Å². The zero-order chi connectivity index (χ0) is 15.3. The number of likely N-dealkylation sites (tertiary alicyclic amines) is 1. The maximum atomic E-state index is 13.5. The van der Waals surface area contributed by atoms with Crippen LogP contribution in [0.4, 0.5) is 13.6 Å². The zero-order valence-electron chi connectivity index (χ0n) is 12.0. The highest BCUT2D eigenvalue weighted by molar-refractivity contribution is 7.89. The van der Waals surface area contributed by atoms with E-state index in [1.807, 2.05) is 0 Å². The summed E-state index contributed by atoms with van der Waals surface area (Å²) >= 11 is 0. The minimum atomic E-state index is -3.94. The van der Waals surface area contributed by atoms with Gasteiger partial charge in [-0.1, -0.05) is 0 Å². The van der Waals surface area contributed by atoms with Crippen LogP contribution in [0.3, 0.4) is 0 Å². The van der Waals surface area contributed by atoms with E-state index in [1.54, 1.807) is 0 Å². The fourth-order valence-corrected chi connectivity index (χ4v) is 3.68. The topological polar surface area (TPSA) is 78.5 Å². The van der Waals surface area contributed by atoms with Crippen molar-refractivity contribution in [2.45, 2.75) is 37.4 Å². The van der Waals surface area contributed by atoms with Gasteiger partial charge >= 0.3 is 6.03 Å². The molecule has 0 bridgehead atoms. The molecule has 10 heteroatoms. The van der Waals surface area contributed by atoms with E-state index in [4.69, 9.17) is 0 Å². The van der Waals surface area contributed by atoms with E-state index in [2.05, 4.69) is 10.0 Å². The molecule has 2 N–H and O–H groups in total. The Hall–Kier alpha value is -0.670. The Morgan fingerprint density at radius 3 is 2.41 bits per heavy atom.